The van der Waals surface area contributed by atoms with Gasteiger partial charge >= 0.3 is 0 Å². The lowest BCUT2D eigenvalue weighted by Gasteiger charge is -2.07. The minimum absolute atomic E-state index is 0.739. The van der Waals surface area contributed by atoms with Gasteiger partial charge in [0.15, 0.2) is 0 Å². The van der Waals surface area contributed by atoms with Crippen molar-refractivity contribution in [2.45, 2.75) is 13.5 Å². The van der Waals surface area contributed by atoms with E-state index in [1.807, 2.05) is 12.1 Å². The summed E-state index contributed by atoms with van der Waals surface area (Å²) in [6.45, 7) is 4.53. The van der Waals surface area contributed by atoms with Crippen LogP contribution in [-0.2, 0) is 11.3 Å². The normalized spacial score (nSPS) is 10.3. The largest absolute Gasteiger partial charge is 0.497 e. The van der Waals surface area contributed by atoms with Gasteiger partial charge in [-0.25, -0.2) is 0 Å². The zero-order valence-electron chi connectivity index (χ0n) is 9.67. The summed E-state index contributed by atoms with van der Waals surface area (Å²) in [5, 5.41) is 3.30. The van der Waals surface area contributed by atoms with Crippen molar-refractivity contribution in [3.63, 3.8) is 0 Å². The van der Waals surface area contributed by atoms with Crippen molar-refractivity contribution >= 4 is 0 Å². The summed E-state index contributed by atoms with van der Waals surface area (Å²) in [6.07, 6.45) is 0. The van der Waals surface area contributed by atoms with Crippen LogP contribution >= 0.6 is 0 Å². The van der Waals surface area contributed by atoms with Crippen LogP contribution in [-0.4, -0.2) is 27.4 Å². The molecule has 0 aliphatic heterocycles. The van der Waals surface area contributed by atoms with E-state index in [0.717, 1.165) is 25.4 Å². The molecule has 0 heterocycles. The molecule has 0 aliphatic carbocycles. The molecule has 3 nitrogen and oxygen atoms in total. The lowest BCUT2D eigenvalue weighted by molar-refractivity contribution is 0.199. The van der Waals surface area contributed by atoms with Crippen molar-refractivity contribution in [3.8, 4) is 5.75 Å². The summed E-state index contributed by atoms with van der Waals surface area (Å²) < 4.78 is 10.2. The average molecular weight is 209 g/mol. The molecule has 15 heavy (non-hydrogen) atoms. The van der Waals surface area contributed by atoms with Gasteiger partial charge in [0.1, 0.15) is 5.75 Å². The van der Waals surface area contributed by atoms with Gasteiger partial charge in [-0.3, -0.25) is 0 Å². The third-order valence-electron chi connectivity index (χ3n) is 2.16. The molecule has 0 amide bonds. The maximum Gasteiger partial charge on any atom is 0.119 e. The van der Waals surface area contributed by atoms with Crippen LogP contribution in [0.3, 0.4) is 0 Å². The highest BCUT2D eigenvalue weighted by molar-refractivity contribution is 5.33. The Balaban J connectivity index is 2.49. The molecule has 1 N–H and O–H groups in total. The van der Waals surface area contributed by atoms with Crippen LogP contribution in [0.25, 0.3) is 0 Å². The number of methoxy groups -OCH3 is 2. The number of aryl methyl sites for hydroxylation is 1. The van der Waals surface area contributed by atoms with Crippen molar-refractivity contribution in [3.05, 3.63) is 29.3 Å². The third kappa shape index (κ3) is 4.32. The minimum Gasteiger partial charge on any atom is -0.497 e. The van der Waals surface area contributed by atoms with Gasteiger partial charge in [-0.2, -0.15) is 0 Å². The summed E-state index contributed by atoms with van der Waals surface area (Å²) in [4.78, 5) is 0. The van der Waals surface area contributed by atoms with Crippen LogP contribution in [0.1, 0.15) is 11.1 Å². The molecule has 0 saturated heterocycles. The topological polar surface area (TPSA) is 30.5 Å². The first-order valence-electron chi connectivity index (χ1n) is 5.10. The Labute approximate surface area is 91.4 Å². The van der Waals surface area contributed by atoms with Crippen molar-refractivity contribution in [1.82, 2.24) is 5.32 Å². The fourth-order valence-corrected chi connectivity index (χ4v) is 1.45. The molecule has 0 unspecified atom stereocenters. The molecule has 0 atom stereocenters. The molecule has 1 aromatic carbocycles. The molecule has 0 aliphatic rings. The van der Waals surface area contributed by atoms with Gasteiger partial charge in [0.05, 0.1) is 13.7 Å². The predicted octanol–water partition coefficient (Wildman–Crippen LogP) is 1.74. The second-order valence-corrected chi connectivity index (χ2v) is 3.53. The van der Waals surface area contributed by atoms with E-state index in [4.69, 9.17) is 9.47 Å². The molecule has 0 spiro atoms. The average Bonchev–Trinajstić information content (AvgIpc) is 2.23. The Morgan fingerprint density at radius 3 is 2.67 bits per heavy atom. The van der Waals surface area contributed by atoms with Crippen LogP contribution in [0.15, 0.2) is 18.2 Å². The number of nitrogens with one attached hydrogen (secondary N) is 1. The van der Waals surface area contributed by atoms with Crippen LogP contribution in [0.4, 0.5) is 0 Å². The molecular formula is C12H19NO2. The van der Waals surface area contributed by atoms with Gasteiger partial charge in [-0.1, -0.05) is 6.07 Å². The maximum atomic E-state index is 5.21. The maximum absolute atomic E-state index is 5.21. The quantitative estimate of drug-likeness (QED) is 0.724. The third-order valence-corrected chi connectivity index (χ3v) is 2.16. The zero-order valence-corrected chi connectivity index (χ0v) is 9.67. The smallest absolute Gasteiger partial charge is 0.119 e. The zero-order chi connectivity index (χ0) is 11.1. The van der Waals surface area contributed by atoms with Gasteiger partial charge < -0.3 is 14.8 Å². The second-order valence-electron chi connectivity index (χ2n) is 3.53. The molecule has 1 rings (SSSR count). The van der Waals surface area contributed by atoms with Crippen molar-refractivity contribution in [2.75, 3.05) is 27.4 Å². The Hall–Kier alpha value is -1.06. The first kappa shape index (κ1) is 12.0. The number of benzene rings is 1. The number of rotatable bonds is 6. The molecule has 0 saturated carbocycles. The van der Waals surface area contributed by atoms with Gasteiger partial charge in [0.25, 0.3) is 0 Å². The number of ether oxygens (including phenoxy) is 2. The number of hydrogen-bond acceptors (Lipinski definition) is 3. The van der Waals surface area contributed by atoms with Crippen molar-refractivity contribution in [2.24, 2.45) is 0 Å². The van der Waals surface area contributed by atoms with Gasteiger partial charge in [-0.05, 0) is 30.2 Å². The lowest BCUT2D eigenvalue weighted by Crippen LogP contribution is -2.18. The Bertz CT molecular complexity index is 300. The van der Waals surface area contributed by atoms with E-state index in [0.29, 0.717) is 0 Å². The van der Waals surface area contributed by atoms with Gasteiger partial charge in [-0.15, -0.1) is 0 Å². The molecule has 1 aromatic rings. The van der Waals surface area contributed by atoms with E-state index in [-0.39, 0.29) is 0 Å². The van der Waals surface area contributed by atoms with Crippen molar-refractivity contribution < 1.29 is 9.47 Å². The molecular weight excluding hydrogens is 190 g/mol. The molecule has 0 bridgehead atoms. The standard InChI is InChI=1S/C12H19NO2/c1-10-6-11(8-12(7-10)15-3)9-13-4-5-14-2/h6-8,13H,4-5,9H2,1-3H3. The summed E-state index contributed by atoms with van der Waals surface area (Å²) in [5.74, 6) is 0.915. The molecule has 0 fully saturated rings. The van der Waals surface area contributed by atoms with E-state index in [1.165, 1.54) is 11.1 Å². The van der Waals surface area contributed by atoms with Gasteiger partial charge in [0, 0.05) is 20.2 Å². The highest BCUT2D eigenvalue weighted by Crippen LogP contribution is 2.15. The lowest BCUT2D eigenvalue weighted by atomic mass is 10.1. The SMILES string of the molecule is COCCNCc1cc(C)cc(OC)c1. The summed E-state index contributed by atoms with van der Waals surface area (Å²) in [6, 6.07) is 6.23. The van der Waals surface area contributed by atoms with E-state index in [1.54, 1.807) is 14.2 Å². The van der Waals surface area contributed by atoms with E-state index >= 15 is 0 Å². The predicted molar refractivity (Wildman–Crippen MR) is 61.3 cm³/mol. The fourth-order valence-electron chi connectivity index (χ4n) is 1.45. The molecule has 3 heteroatoms. The van der Waals surface area contributed by atoms with Crippen LogP contribution < -0.4 is 10.1 Å². The Kier molecular flexibility index (Phi) is 5.15. The summed E-state index contributed by atoms with van der Waals surface area (Å²) in [7, 11) is 3.40. The monoisotopic (exact) mass is 209 g/mol. The Morgan fingerprint density at radius 2 is 2.00 bits per heavy atom. The second kappa shape index (κ2) is 6.43. The van der Waals surface area contributed by atoms with Crippen LogP contribution in [0.2, 0.25) is 0 Å². The van der Waals surface area contributed by atoms with E-state index in [2.05, 4.69) is 18.3 Å². The Morgan fingerprint density at radius 1 is 1.20 bits per heavy atom. The fraction of sp³-hybridized carbons (Fsp3) is 0.500. The van der Waals surface area contributed by atoms with Gasteiger partial charge in [0.2, 0.25) is 0 Å². The van der Waals surface area contributed by atoms with E-state index in [9.17, 15) is 0 Å². The van der Waals surface area contributed by atoms with Crippen molar-refractivity contribution in [1.29, 1.82) is 0 Å². The molecule has 84 valence electrons. The summed E-state index contributed by atoms with van der Waals surface area (Å²) in [5.41, 5.74) is 2.46. The number of hydrogen-bond donors (Lipinski definition) is 1. The van der Waals surface area contributed by atoms with Crippen LogP contribution in [0, 0.1) is 6.92 Å². The summed E-state index contributed by atoms with van der Waals surface area (Å²) >= 11 is 0. The molecule has 0 aromatic heterocycles. The molecule has 0 radical (unpaired) electrons. The van der Waals surface area contributed by atoms with E-state index < -0.39 is 0 Å². The minimum atomic E-state index is 0.739. The first-order valence-corrected chi connectivity index (χ1v) is 5.10. The highest BCUT2D eigenvalue weighted by Gasteiger charge is 1.98. The highest BCUT2D eigenvalue weighted by atomic mass is 16.5. The van der Waals surface area contributed by atoms with Crippen LogP contribution in [0.5, 0.6) is 5.75 Å². The first-order chi connectivity index (χ1) is 7.26.